The van der Waals surface area contributed by atoms with Crippen molar-refractivity contribution in [2.45, 2.75) is 6.92 Å². The minimum absolute atomic E-state index is 0.0770. The number of benzene rings is 2. The topological polar surface area (TPSA) is 91.7 Å². The zero-order valence-electron chi connectivity index (χ0n) is 19.4. The first-order chi connectivity index (χ1) is 16.4. The molecular formula is C26H25N3O4S. The van der Waals surface area contributed by atoms with Crippen molar-refractivity contribution in [3.8, 4) is 22.9 Å². The lowest BCUT2D eigenvalue weighted by Gasteiger charge is -2.12. The van der Waals surface area contributed by atoms with Crippen molar-refractivity contribution in [1.29, 1.82) is 5.26 Å². The summed E-state index contributed by atoms with van der Waals surface area (Å²) in [5, 5.41) is 14.4. The number of carbonyl (C=O) groups is 2. The fraction of sp³-hybridized carbons (Fsp3) is 0.192. The Balaban J connectivity index is 1.92. The highest BCUT2D eigenvalue weighted by molar-refractivity contribution is 7.15. The standard InChI is InChI=1S/C26H25N3O4S/c1-5-33-26(31)23-22(18-8-12-21(32-4)13-9-18)16-34-25(23)28-24(30)19(15-27)14-17-6-10-20(11-7-17)29(2)3/h6-14,16H,5H2,1-4H3,(H,28,30). The van der Waals surface area contributed by atoms with Gasteiger partial charge in [-0.15, -0.1) is 11.3 Å². The van der Waals surface area contributed by atoms with E-state index in [1.807, 2.05) is 61.5 Å². The van der Waals surface area contributed by atoms with Gasteiger partial charge in [0.25, 0.3) is 5.91 Å². The van der Waals surface area contributed by atoms with Gasteiger partial charge in [-0.1, -0.05) is 24.3 Å². The maximum absolute atomic E-state index is 12.9. The first-order valence-corrected chi connectivity index (χ1v) is 11.4. The van der Waals surface area contributed by atoms with Gasteiger partial charge in [-0.05, 0) is 48.4 Å². The van der Waals surface area contributed by atoms with Gasteiger partial charge in [-0.3, -0.25) is 4.79 Å². The number of carbonyl (C=O) groups excluding carboxylic acids is 2. The number of nitriles is 1. The van der Waals surface area contributed by atoms with E-state index in [0.717, 1.165) is 11.3 Å². The van der Waals surface area contributed by atoms with Crippen LogP contribution >= 0.6 is 11.3 Å². The van der Waals surface area contributed by atoms with Gasteiger partial charge in [0.05, 0.1) is 13.7 Å². The molecular weight excluding hydrogens is 450 g/mol. The largest absolute Gasteiger partial charge is 0.497 e. The van der Waals surface area contributed by atoms with Crippen LogP contribution in [-0.4, -0.2) is 39.7 Å². The maximum Gasteiger partial charge on any atom is 0.341 e. The van der Waals surface area contributed by atoms with E-state index in [2.05, 4.69) is 5.32 Å². The Hall–Kier alpha value is -4.09. The monoisotopic (exact) mass is 475 g/mol. The van der Waals surface area contributed by atoms with Crippen LogP contribution in [0.5, 0.6) is 5.75 Å². The van der Waals surface area contributed by atoms with Gasteiger partial charge in [0.15, 0.2) is 0 Å². The van der Waals surface area contributed by atoms with Crippen molar-refractivity contribution in [2.24, 2.45) is 0 Å². The lowest BCUT2D eigenvalue weighted by atomic mass is 10.0. The summed E-state index contributed by atoms with van der Waals surface area (Å²) in [6.07, 6.45) is 1.51. The van der Waals surface area contributed by atoms with E-state index in [0.29, 0.717) is 21.9 Å². The normalized spacial score (nSPS) is 10.9. The molecule has 3 aromatic rings. The molecule has 3 rings (SSSR count). The molecule has 1 amide bonds. The van der Waals surface area contributed by atoms with Crippen LogP contribution in [0, 0.1) is 11.3 Å². The molecule has 0 saturated carbocycles. The lowest BCUT2D eigenvalue weighted by molar-refractivity contribution is -0.112. The average molecular weight is 476 g/mol. The third-order valence-corrected chi connectivity index (χ3v) is 5.88. The first kappa shape index (κ1) is 24.6. The second-order valence-corrected chi connectivity index (χ2v) is 8.29. The number of esters is 1. The van der Waals surface area contributed by atoms with Gasteiger partial charge < -0.3 is 19.7 Å². The van der Waals surface area contributed by atoms with Gasteiger partial charge in [0, 0.05) is 30.7 Å². The second kappa shape index (κ2) is 11.2. The van der Waals surface area contributed by atoms with Gasteiger partial charge in [-0.25, -0.2) is 4.79 Å². The summed E-state index contributed by atoms with van der Waals surface area (Å²) in [5.41, 5.74) is 3.29. The molecule has 1 aromatic heterocycles. The Morgan fingerprint density at radius 1 is 1.12 bits per heavy atom. The average Bonchev–Trinajstić information content (AvgIpc) is 3.26. The van der Waals surface area contributed by atoms with Crippen molar-refractivity contribution in [2.75, 3.05) is 38.0 Å². The Bertz CT molecular complexity index is 1240. The molecule has 0 unspecified atom stereocenters. The molecule has 34 heavy (non-hydrogen) atoms. The minimum Gasteiger partial charge on any atom is -0.497 e. The van der Waals surface area contributed by atoms with E-state index in [-0.39, 0.29) is 17.7 Å². The first-order valence-electron chi connectivity index (χ1n) is 10.5. The number of nitrogens with one attached hydrogen (secondary N) is 1. The highest BCUT2D eigenvalue weighted by atomic mass is 32.1. The summed E-state index contributed by atoms with van der Waals surface area (Å²) in [5.74, 6) is -0.466. The van der Waals surface area contributed by atoms with Crippen LogP contribution in [0.1, 0.15) is 22.8 Å². The number of rotatable bonds is 8. The SMILES string of the molecule is CCOC(=O)c1c(-c2ccc(OC)cc2)csc1NC(=O)C(C#N)=Cc1ccc(N(C)C)cc1. The van der Waals surface area contributed by atoms with Crippen LogP contribution < -0.4 is 15.0 Å². The molecule has 7 nitrogen and oxygen atoms in total. The fourth-order valence-corrected chi connectivity index (χ4v) is 4.15. The van der Waals surface area contributed by atoms with Crippen molar-refractivity contribution in [1.82, 2.24) is 0 Å². The highest BCUT2D eigenvalue weighted by Gasteiger charge is 2.24. The predicted octanol–water partition coefficient (Wildman–Crippen LogP) is 5.21. The van der Waals surface area contributed by atoms with E-state index < -0.39 is 11.9 Å². The molecule has 0 fully saturated rings. The van der Waals surface area contributed by atoms with Crippen LogP contribution in [0.25, 0.3) is 17.2 Å². The summed E-state index contributed by atoms with van der Waals surface area (Å²) < 4.78 is 10.4. The van der Waals surface area contributed by atoms with Crippen molar-refractivity contribution in [3.63, 3.8) is 0 Å². The van der Waals surface area contributed by atoms with Crippen LogP contribution in [0.2, 0.25) is 0 Å². The van der Waals surface area contributed by atoms with Gasteiger partial charge in [-0.2, -0.15) is 5.26 Å². The molecule has 0 radical (unpaired) electrons. The number of hydrogen-bond donors (Lipinski definition) is 1. The Morgan fingerprint density at radius 2 is 1.79 bits per heavy atom. The summed E-state index contributed by atoms with van der Waals surface area (Å²) in [6.45, 7) is 1.91. The zero-order valence-corrected chi connectivity index (χ0v) is 20.2. The molecule has 0 aliphatic carbocycles. The molecule has 0 aliphatic rings. The van der Waals surface area contributed by atoms with Crippen molar-refractivity contribution < 1.29 is 19.1 Å². The van der Waals surface area contributed by atoms with E-state index in [4.69, 9.17) is 9.47 Å². The number of amides is 1. The molecule has 0 aliphatic heterocycles. The number of anilines is 2. The van der Waals surface area contributed by atoms with Crippen LogP contribution in [0.15, 0.2) is 59.5 Å². The van der Waals surface area contributed by atoms with Gasteiger partial charge >= 0.3 is 5.97 Å². The number of ether oxygens (including phenoxy) is 2. The quantitative estimate of drug-likeness (QED) is 0.273. The Kier molecular flexibility index (Phi) is 8.06. The summed E-state index contributed by atoms with van der Waals surface area (Å²) >= 11 is 1.20. The summed E-state index contributed by atoms with van der Waals surface area (Å²) in [7, 11) is 5.44. The van der Waals surface area contributed by atoms with Crippen LogP contribution in [0.3, 0.4) is 0 Å². The molecule has 1 N–H and O–H groups in total. The molecule has 0 spiro atoms. The van der Waals surface area contributed by atoms with Crippen molar-refractivity contribution >= 4 is 40.0 Å². The molecule has 2 aromatic carbocycles. The van der Waals surface area contributed by atoms with E-state index >= 15 is 0 Å². The number of nitrogens with zero attached hydrogens (tertiary/aromatic N) is 2. The smallest absolute Gasteiger partial charge is 0.341 e. The number of hydrogen-bond acceptors (Lipinski definition) is 7. The Morgan fingerprint density at radius 3 is 2.35 bits per heavy atom. The molecule has 0 atom stereocenters. The molecule has 0 bridgehead atoms. The molecule has 0 saturated heterocycles. The van der Waals surface area contributed by atoms with E-state index in [9.17, 15) is 14.9 Å². The highest BCUT2D eigenvalue weighted by Crippen LogP contribution is 2.37. The summed E-state index contributed by atoms with van der Waals surface area (Å²) in [6, 6.07) is 16.6. The number of thiophene rings is 1. The van der Waals surface area contributed by atoms with E-state index in [1.54, 1.807) is 31.5 Å². The van der Waals surface area contributed by atoms with Gasteiger partial charge in [0.2, 0.25) is 0 Å². The summed E-state index contributed by atoms with van der Waals surface area (Å²) in [4.78, 5) is 27.6. The number of methoxy groups -OCH3 is 1. The molecule has 8 heteroatoms. The van der Waals surface area contributed by atoms with E-state index in [1.165, 1.54) is 17.4 Å². The zero-order chi connectivity index (χ0) is 24.7. The lowest BCUT2D eigenvalue weighted by Crippen LogP contribution is -2.16. The predicted molar refractivity (Wildman–Crippen MR) is 135 cm³/mol. The minimum atomic E-state index is -0.604. The maximum atomic E-state index is 12.9. The molecule has 174 valence electrons. The van der Waals surface area contributed by atoms with Crippen LogP contribution in [-0.2, 0) is 9.53 Å². The third-order valence-electron chi connectivity index (χ3n) is 4.98. The second-order valence-electron chi connectivity index (χ2n) is 7.41. The van der Waals surface area contributed by atoms with Crippen molar-refractivity contribution in [3.05, 3.63) is 70.6 Å². The molecule has 1 heterocycles. The van der Waals surface area contributed by atoms with Gasteiger partial charge in [0.1, 0.15) is 28.0 Å². The fourth-order valence-electron chi connectivity index (χ4n) is 3.19. The Labute approximate surface area is 202 Å². The van der Waals surface area contributed by atoms with Crippen LogP contribution in [0.4, 0.5) is 10.7 Å². The third kappa shape index (κ3) is 5.63.